The molecule has 0 amide bonds. The van der Waals surface area contributed by atoms with E-state index in [4.69, 9.17) is 9.72 Å². The highest BCUT2D eigenvalue weighted by Gasteiger charge is 2.45. The lowest BCUT2D eigenvalue weighted by Gasteiger charge is -2.31. The van der Waals surface area contributed by atoms with Gasteiger partial charge < -0.3 is 14.4 Å². The third kappa shape index (κ3) is 2.75. The summed E-state index contributed by atoms with van der Waals surface area (Å²) in [4.78, 5) is 31.0. The molecule has 6 nitrogen and oxygen atoms in total. The van der Waals surface area contributed by atoms with Gasteiger partial charge in [-0.3, -0.25) is 4.79 Å². The number of fused-ring (bicyclic) bond motifs is 5. The van der Waals surface area contributed by atoms with Gasteiger partial charge >= 0.3 is 5.97 Å². The number of carbonyl (C=O) groups excluding carboxylic acids is 1. The number of pyridine rings is 2. The van der Waals surface area contributed by atoms with Gasteiger partial charge in [0.05, 0.1) is 29.2 Å². The largest absolute Gasteiger partial charge is 0.458 e. The number of allylic oxidation sites excluding steroid dienone is 2. The Labute approximate surface area is 196 Å². The summed E-state index contributed by atoms with van der Waals surface area (Å²) in [5.41, 5.74) is 7.14. The first-order valence-corrected chi connectivity index (χ1v) is 11.5. The van der Waals surface area contributed by atoms with Crippen LogP contribution in [0.5, 0.6) is 0 Å². The van der Waals surface area contributed by atoms with Crippen molar-refractivity contribution >= 4 is 12.0 Å². The molecule has 1 atom stereocenters. The van der Waals surface area contributed by atoms with E-state index in [0.29, 0.717) is 35.5 Å². The second kappa shape index (κ2) is 7.11. The number of benzene rings is 1. The minimum atomic E-state index is -1.84. The zero-order valence-electron chi connectivity index (χ0n) is 19.1. The van der Waals surface area contributed by atoms with Crippen molar-refractivity contribution in [1.29, 1.82) is 0 Å². The van der Waals surface area contributed by atoms with Crippen LogP contribution >= 0.6 is 0 Å². The summed E-state index contributed by atoms with van der Waals surface area (Å²) >= 11 is 0. The van der Waals surface area contributed by atoms with Gasteiger partial charge in [0.25, 0.3) is 5.56 Å². The van der Waals surface area contributed by atoms with Crippen LogP contribution in [0.2, 0.25) is 0 Å². The van der Waals surface area contributed by atoms with Crippen LogP contribution in [0, 0.1) is 6.92 Å². The molecule has 34 heavy (non-hydrogen) atoms. The second-order valence-corrected chi connectivity index (χ2v) is 9.32. The lowest BCUT2D eigenvalue weighted by Crippen LogP contribution is -2.44. The van der Waals surface area contributed by atoms with Crippen molar-refractivity contribution < 1.29 is 14.6 Å². The number of nitrogens with zero attached hydrogens (tertiary/aromatic N) is 2. The Morgan fingerprint density at radius 3 is 2.65 bits per heavy atom. The zero-order chi connectivity index (χ0) is 23.8. The molecule has 170 valence electrons. The van der Waals surface area contributed by atoms with Gasteiger partial charge in [-0.05, 0) is 48.6 Å². The number of aliphatic hydroxyl groups is 1. The molecule has 3 aromatic rings. The van der Waals surface area contributed by atoms with Crippen molar-refractivity contribution in [2.24, 2.45) is 0 Å². The van der Waals surface area contributed by atoms with E-state index in [2.05, 4.69) is 37.8 Å². The third-order valence-corrected chi connectivity index (χ3v) is 7.25. The Bertz CT molecular complexity index is 1510. The number of rotatable bonds is 2. The van der Waals surface area contributed by atoms with Crippen LogP contribution in [0.1, 0.15) is 46.9 Å². The van der Waals surface area contributed by atoms with E-state index in [-0.39, 0.29) is 18.6 Å². The van der Waals surface area contributed by atoms with Gasteiger partial charge in [-0.15, -0.1) is 0 Å². The Balaban J connectivity index is 1.66. The topological polar surface area (TPSA) is 81.4 Å². The maximum Gasteiger partial charge on any atom is 0.343 e. The van der Waals surface area contributed by atoms with Crippen LogP contribution < -0.4 is 5.56 Å². The molecule has 0 radical (unpaired) electrons. The highest BCUT2D eigenvalue weighted by atomic mass is 16.6. The standard InChI is InChI=1S/C28H24N2O4/c1-4-28(33)21-12-23-25-19(13-30(23)26(31)20(21)14-34-27(28)32)24(17-8-5-15(2)6-9-17)18-11-16(3)7-10-22(18)29-25/h5-10,12,33H,3-4,11,13-14H2,1-2H3. The van der Waals surface area contributed by atoms with Crippen molar-refractivity contribution in [3.8, 4) is 22.5 Å². The summed E-state index contributed by atoms with van der Waals surface area (Å²) in [5.74, 6) is -0.717. The molecule has 4 heterocycles. The average molecular weight is 453 g/mol. The number of aryl methyl sites for hydroxylation is 1. The number of aromatic nitrogens is 2. The van der Waals surface area contributed by atoms with Gasteiger partial charge in [-0.1, -0.05) is 55.0 Å². The maximum absolute atomic E-state index is 13.6. The zero-order valence-corrected chi connectivity index (χ0v) is 19.1. The second-order valence-electron chi connectivity index (χ2n) is 9.32. The normalized spacial score (nSPS) is 19.9. The first-order valence-electron chi connectivity index (χ1n) is 11.5. The smallest absolute Gasteiger partial charge is 0.343 e. The van der Waals surface area contributed by atoms with Crippen LogP contribution in [-0.4, -0.2) is 20.6 Å². The molecule has 2 aliphatic heterocycles. The minimum absolute atomic E-state index is 0.117. The van der Waals surface area contributed by atoms with Gasteiger partial charge in [-0.2, -0.15) is 0 Å². The van der Waals surface area contributed by atoms with Crippen LogP contribution in [0.4, 0.5) is 0 Å². The Morgan fingerprint density at radius 1 is 1.15 bits per heavy atom. The molecule has 6 rings (SSSR count). The average Bonchev–Trinajstić information content (AvgIpc) is 3.19. The molecule has 1 N–H and O–H groups in total. The van der Waals surface area contributed by atoms with E-state index in [0.717, 1.165) is 33.5 Å². The number of esters is 1. The van der Waals surface area contributed by atoms with E-state index in [1.54, 1.807) is 17.6 Å². The molecule has 1 aromatic carbocycles. The predicted molar refractivity (Wildman–Crippen MR) is 129 cm³/mol. The van der Waals surface area contributed by atoms with Crippen molar-refractivity contribution in [3.05, 3.63) is 92.4 Å². The van der Waals surface area contributed by atoms with Crippen LogP contribution in [0.15, 0.2) is 53.4 Å². The summed E-state index contributed by atoms with van der Waals surface area (Å²) in [6.45, 7) is 8.14. The van der Waals surface area contributed by atoms with Crippen molar-refractivity contribution in [2.45, 2.75) is 45.4 Å². The number of ether oxygens (including phenoxy) is 1. The highest BCUT2D eigenvalue weighted by molar-refractivity contribution is 5.86. The molecule has 6 heteroatoms. The molecule has 0 saturated heterocycles. The van der Waals surface area contributed by atoms with Crippen LogP contribution in [-0.2, 0) is 34.7 Å². The molecule has 3 aliphatic rings. The molecule has 0 saturated carbocycles. The fourth-order valence-electron chi connectivity index (χ4n) is 5.33. The van der Waals surface area contributed by atoms with Gasteiger partial charge in [0.1, 0.15) is 6.61 Å². The van der Waals surface area contributed by atoms with Gasteiger partial charge in [-0.25, -0.2) is 9.78 Å². The molecule has 1 aliphatic carbocycles. The first-order chi connectivity index (χ1) is 16.3. The summed E-state index contributed by atoms with van der Waals surface area (Å²) in [6, 6.07) is 10.1. The number of cyclic esters (lactones) is 1. The van der Waals surface area contributed by atoms with Crippen LogP contribution in [0.3, 0.4) is 0 Å². The quantitative estimate of drug-likeness (QED) is 0.465. The summed E-state index contributed by atoms with van der Waals surface area (Å²) in [7, 11) is 0. The summed E-state index contributed by atoms with van der Waals surface area (Å²) in [6.07, 6.45) is 4.75. The molecule has 2 aromatic heterocycles. The Morgan fingerprint density at radius 2 is 1.91 bits per heavy atom. The van der Waals surface area contributed by atoms with E-state index in [9.17, 15) is 14.7 Å². The molecular formula is C28H24N2O4. The predicted octanol–water partition coefficient (Wildman–Crippen LogP) is 4.03. The van der Waals surface area contributed by atoms with Crippen molar-refractivity contribution in [3.63, 3.8) is 0 Å². The third-order valence-electron chi connectivity index (χ3n) is 7.25. The summed E-state index contributed by atoms with van der Waals surface area (Å²) in [5, 5.41) is 11.1. The highest BCUT2D eigenvalue weighted by Crippen LogP contribution is 2.44. The first kappa shape index (κ1) is 20.8. The van der Waals surface area contributed by atoms with E-state index in [1.165, 1.54) is 5.56 Å². The number of carbonyl (C=O) groups is 1. The van der Waals surface area contributed by atoms with E-state index in [1.807, 2.05) is 12.2 Å². The van der Waals surface area contributed by atoms with Gasteiger partial charge in [0.15, 0.2) is 5.60 Å². The van der Waals surface area contributed by atoms with Crippen molar-refractivity contribution in [1.82, 2.24) is 9.55 Å². The number of hydrogen-bond acceptors (Lipinski definition) is 5. The molecular weight excluding hydrogens is 428 g/mol. The van der Waals surface area contributed by atoms with Crippen LogP contribution in [0.25, 0.3) is 28.6 Å². The van der Waals surface area contributed by atoms with Crippen molar-refractivity contribution in [2.75, 3.05) is 0 Å². The number of hydrogen-bond donors (Lipinski definition) is 1. The molecule has 1 unspecified atom stereocenters. The molecule has 0 spiro atoms. The fraction of sp³-hybridized carbons (Fsp3) is 0.250. The fourth-order valence-corrected chi connectivity index (χ4v) is 5.33. The van der Waals surface area contributed by atoms with E-state index < -0.39 is 11.6 Å². The SMILES string of the molecule is C=C1C=Cc2nc3c(c(-c4ccc(C)cc4)c2C1)Cn1c-3cc2c(c1=O)COC(=O)C2(O)CC. The van der Waals surface area contributed by atoms with E-state index >= 15 is 0 Å². The lowest BCUT2D eigenvalue weighted by molar-refractivity contribution is -0.172. The Kier molecular flexibility index (Phi) is 4.35. The van der Waals surface area contributed by atoms with Gasteiger partial charge in [0, 0.05) is 11.1 Å². The minimum Gasteiger partial charge on any atom is -0.458 e. The van der Waals surface area contributed by atoms with Gasteiger partial charge in [0.2, 0.25) is 0 Å². The summed E-state index contributed by atoms with van der Waals surface area (Å²) < 4.78 is 6.88. The monoisotopic (exact) mass is 452 g/mol. The molecule has 0 bridgehead atoms. The maximum atomic E-state index is 13.6. The Hall–Kier alpha value is -3.77. The molecule has 0 fully saturated rings. The lowest BCUT2D eigenvalue weighted by atomic mass is 9.85.